The Labute approximate surface area is 214 Å². The molecular weight excluding hydrogens is 464 g/mol. The van der Waals surface area contributed by atoms with Crippen molar-refractivity contribution < 1.29 is 33.4 Å². The van der Waals surface area contributed by atoms with E-state index in [4.69, 9.17) is 14.2 Å². The summed E-state index contributed by atoms with van der Waals surface area (Å²) in [6, 6.07) is 7.48. The van der Waals surface area contributed by atoms with E-state index >= 15 is 0 Å². The van der Waals surface area contributed by atoms with Crippen molar-refractivity contribution in [3.63, 3.8) is 0 Å². The lowest BCUT2D eigenvalue weighted by molar-refractivity contribution is -0.160. The van der Waals surface area contributed by atoms with Crippen molar-refractivity contribution in [3.8, 4) is 0 Å². The van der Waals surface area contributed by atoms with Crippen molar-refractivity contribution in [3.05, 3.63) is 35.9 Å². The zero-order valence-corrected chi connectivity index (χ0v) is 22.8. The van der Waals surface area contributed by atoms with Crippen molar-refractivity contribution in [1.82, 2.24) is 10.6 Å². The highest BCUT2D eigenvalue weighted by Crippen LogP contribution is 2.13. The molecule has 2 N–H and O–H groups in total. The average molecular weight is 507 g/mol. The number of amides is 1. The van der Waals surface area contributed by atoms with E-state index in [1.165, 1.54) is 0 Å². The molecule has 1 amide bonds. The van der Waals surface area contributed by atoms with E-state index in [1.807, 2.05) is 44.2 Å². The third-order valence-electron chi connectivity index (χ3n) is 4.72. The Hall–Kier alpha value is -2.94. The molecule has 0 aliphatic heterocycles. The standard InChI is InChI=1S/C27H42N2O7/c1-18(2)23(25(33)36-27(6,7)8)28-16-21(30)29-20(24(32)35-26(3,4)5)14-15-22(31)34-17-19-12-10-9-11-13-19/h9-13,18,20,23,28H,14-17H2,1-8H3,(H,29,30). The van der Waals surface area contributed by atoms with Crippen LogP contribution in [0.25, 0.3) is 0 Å². The molecule has 0 saturated carbocycles. The first-order valence-corrected chi connectivity index (χ1v) is 12.3. The van der Waals surface area contributed by atoms with Crippen LogP contribution in [0.1, 0.15) is 73.8 Å². The van der Waals surface area contributed by atoms with Crippen molar-refractivity contribution >= 4 is 23.8 Å². The second-order valence-electron chi connectivity index (χ2n) is 11.0. The number of rotatable bonds is 12. The van der Waals surface area contributed by atoms with Gasteiger partial charge in [0.1, 0.15) is 29.9 Å². The Kier molecular flexibility index (Phi) is 12.1. The number of nitrogens with one attached hydrogen (secondary N) is 2. The van der Waals surface area contributed by atoms with Gasteiger partial charge >= 0.3 is 17.9 Å². The second-order valence-corrected chi connectivity index (χ2v) is 11.0. The molecule has 0 aromatic heterocycles. The quantitative estimate of drug-likeness (QED) is 0.327. The first-order chi connectivity index (χ1) is 16.6. The van der Waals surface area contributed by atoms with Crippen LogP contribution in [0, 0.1) is 5.92 Å². The normalized spacial score (nSPS) is 13.5. The van der Waals surface area contributed by atoms with Gasteiger partial charge in [0.25, 0.3) is 0 Å². The minimum Gasteiger partial charge on any atom is -0.461 e. The Morgan fingerprint density at radius 3 is 1.94 bits per heavy atom. The number of hydrogen-bond acceptors (Lipinski definition) is 8. The largest absolute Gasteiger partial charge is 0.461 e. The highest BCUT2D eigenvalue weighted by atomic mass is 16.6. The Balaban J connectivity index is 2.74. The first kappa shape index (κ1) is 31.1. The van der Waals surface area contributed by atoms with E-state index in [0.29, 0.717) is 0 Å². The topological polar surface area (TPSA) is 120 Å². The van der Waals surface area contributed by atoms with Crippen LogP contribution in [0.3, 0.4) is 0 Å². The Morgan fingerprint density at radius 2 is 1.42 bits per heavy atom. The molecule has 2 atom stereocenters. The van der Waals surface area contributed by atoms with Crippen LogP contribution in [-0.2, 0) is 40.0 Å². The van der Waals surface area contributed by atoms with Gasteiger partial charge in [0, 0.05) is 6.42 Å². The monoisotopic (exact) mass is 506 g/mol. The maximum absolute atomic E-state index is 12.7. The molecule has 9 nitrogen and oxygen atoms in total. The fourth-order valence-corrected chi connectivity index (χ4v) is 3.10. The number of ether oxygens (including phenoxy) is 3. The molecule has 0 heterocycles. The summed E-state index contributed by atoms with van der Waals surface area (Å²) in [5.74, 6) is -2.26. The van der Waals surface area contributed by atoms with Gasteiger partial charge in [-0.25, -0.2) is 4.79 Å². The van der Waals surface area contributed by atoms with Gasteiger partial charge < -0.3 is 19.5 Å². The number of carbonyl (C=O) groups excluding carboxylic acids is 4. The van der Waals surface area contributed by atoms with Gasteiger partial charge in [0.05, 0.1) is 6.54 Å². The van der Waals surface area contributed by atoms with E-state index < -0.39 is 47.1 Å². The third-order valence-corrected chi connectivity index (χ3v) is 4.72. The van der Waals surface area contributed by atoms with Crippen molar-refractivity contribution in [2.45, 2.75) is 98.1 Å². The van der Waals surface area contributed by atoms with Gasteiger partial charge in [0.15, 0.2) is 0 Å². The number of esters is 3. The summed E-state index contributed by atoms with van der Waals surface area (Å²) in [5.41, 5.74) is -0.588. The maximum Gasteiger partial charge on any atom is 0.329 e. The van der Waals surface area contributed by atoms with E-state index in [1.54, 1.807) is 41.5 Å². The summed E-state index contributed by atoms with van der Waals surface area (Å²) in [4.78, 5) is 50.1. The summed E-state index contributed by atoms with van der Waals surface area (Å²) in [6.07, 6.45) is -0.0784. The van der Waals surface area contributed by atoms with Crippen LogP contribution in [0.15, 0.2) is 30.3 Å². The van der Waals surface area contributed by atoms with Crippen molar-refractivity contribution in [2.24, 2.45) is 5.92 Å². The fraction of sp³-hybridized carbons (Fsp3) is 0.630. The molecule has 1 rings (SSSR count). The van der Waals surface area contributed by atoms with Crippen LogP contribution in [0.5, 0.6) is 0 Å². The highest BCUT2D eigenvalue weighted by molar-refractivity contribution is 5.86. The van der Waals surface area contributed by atoms with Crippen LogP contribution in [0.2, 0.25) is 0 Å². The average Bonchev–Trinajstić information content (AvgIpc) is 2.73. The number of hydrogen-bond donors (Lipinski definition) is 2. The third kappa shape index (κ3) is 13.2. The first-order valence-electron chi connectivity index (χ1n) is 12.3. The molecule has 36 heavy (non-hydrogen) atoms. The van der Waals surface area contributed by atoms with Gasteiger partial charge in [0.2, 0.25) is 5.91 Å². The van der Waals surface area contributed by atoms with Crippen molar-refractivity contribution in [1.29, 1.82) is 0 Å². The smallest absolute Gasteiger partial charge is 0.329 e. The molecular formula is C27H42N2O7. The van der Waals surface area contributed by atoms with Crippen LogP contribution >= 0.6 is 0 Å². The molecule has 0 aliphatic carbocycles. The molecule has 0 aliphatic rings. The molecule has 9 heteroatoms. The Morgan fingerprint density at radius 1 is 0.861 bits per heavy atom. The molecule has 1 aromatic rings. The van der Waals surface area contributed by atoms with E-state index in [0.717, 1.165) is 5.56 Å². The fourth-order valence-electron chi connectivity index (χ4n) is 3.10. The van der Waals surface area contributed by atoms with E-state index in [2.05, 4.69) is 10.6 Å². The molecule has 0 fully saturated rings. The summed E-state index contributed by atoms with van der Waals surface area (Å²) < 4.78 is 16.1. The van der Waals surface area contributed by atoms with Crippen LogP contribution < -0.4 is 10.6 Å². The van der Waals surface area contributed by atoms with E-state index in [-0.39, 0.29) is 31.9 Å². The van der Waals surface area contributed by atoms with Crippen molar-refractivity contribution in [2.75, 3.05) is 6.54 Å². The molecule has 202 valence electrons. The lowest BCUT2D eigenvalue weighted by Crippen LogP contribution is -2.51. The SMILES string of the molecule is CC(C)C(NCC(=O)NC(CCC(=O)OCc1ccccc1)C(=O)OC(C)(C)C)C(=O)OC(C)(C)C. The van der Waals surface area contributed by atoms with Crippen LogP contribution in [-0.4, -0.2) is 53.6 Å². The molecule has 0 spiro atoms. The van der Waals surface area contributed by atoms with Gasteiger partial charge in [-0.1, -0.05) is 44.2 Å². The lowest BCUT2D eigenvalue weighted by Gasteiger charge is -2.27. The zero-order valence-electron chi connectivity index (χ0n) is 22.8. The van der Waals surface area contributed by atoms with Gasteiger partial charge in [-0.15, -0.1) is 0 Å². The molecule has 0 bridgehead atoms. The summed E-state index contributed by atoms with van der Waals surface area (Å²) in [7, 11) is 0. The number of benzene rings is 1. The Bertz CT molecular complexity index is 870. The molecule has 0 saturated heterocycles. The van der Waals surface area contributed by atoms with Crippen LogP contribution in [0.4, 0.5) is 0 Å². The second kappa shape index (κ2) is 14.0. The summed E-state index contributed by atoms with van der Waals surface area (Å²) >= 11 is 0. The minimum absolute atomic E-state index is 0.00789. The summed E-state index contributed by atoms with van der Waals surface area (Å²) in [5, 5.41) is 5.52. The molecule has 1 aromatic carbocycles. The predicted molar refractivity (Wildman–Crippen MR) is 136 cm³/mol. The maximum atomic E-state index is 12.7. The van der Waals surface area contributed by atoms with E-state index in [9.17, 15) is 19.2 Å². The number of carbonyl (C=O) groups is 4. The lowest BCUT2D eigenvalue weighted by atomic mass is 10.0. The highest BCUT2D eigenvalue weighted by Gasteiger charge is 2.30. The predicted octanol–water partition coefficient (Wildman–Crippen LogP) is 3.29. The van der Waals surface area contributed by atoms with Gasteiger partial charge in [-0.05, 0) is 59.4 Å². The van der Waals surface area contributed by atoms with Gasteiger partial charge in [-0.2, -0.15) is 0 Å². The minimum atomic E-state index is -1.05. The van der Waals surface area contributed by atoms with Gasteiger partial charge in [-0.3, -0.25) is 19.7 Å². The zero-order chi connectivity index (χ0) is 27.5. The molecule has 0 radical (unpaired) electrons. The summed E-state index contributed by atoms with van der Waals surface area (Å²) in [6.45, 7) is 14.0. The molecule has 2 unspecified atom stereocenters.